The summed E-state index contributed by atoms with van der Waals surface area (Å²) in [6.45, 7) is 4.04. The van der Waals surface area contributed by atoms with Crippen LogP contribution in [0.15, 0.2) is 12.1 Å². The number of hydrogen-bond acceptors (Lipinski definition) is 4. The molecule has 0 aliphatic rings. The van der Waals surface area contributed by atoms with E-state index in [2.05, 4.69) is 18.2 Å². The first-order chi connectivity index (χ1) is 9.26. The first-order valence-electron chi connectivity index (χ1n) is 6.28. The van der Waals surface area contributed by atoms with Crippen LogP contribution in [-0.2, 0) is 6.54 Å². The molecule has 0 aliphatic heterocycles. The molecule has 1 aromatic carbocycles. The second-order valence-electron chi connectivity index (χ2n) is 4.00. The van der Waals surface area contributed by atoms with Crippen LogP contribution in [0, 0.1) is 12.3 Å². The lowest BCUT2D eigenvalue weighted by atomic mass is 10.1. The summed E-state index contributed by atoms with van der Waals surface area (Å²) in [4.78, 5) is 0. The molecule has 4 heteroatoms. The minimum Gasteiger partial charge on any atom is -0.493 e. The first kappa shape index (κ1) is 15.2. The van der Waals surface area contributed by atoms with Gasteiger partial charge in [0.05, 0.1) is 14.2 Å². The standard InChI is InChI=1S/C15H21NO3/c1-5-7-16-11-12-9-13(17-3)15(19-8-6-2)14(10-12)18-4/h2,9-10,16H,5,7-8,11H2,1,3-4H3. The van der Waals surface area contributed by atoms with E-state index in [1.165, 1.54) is 0 Å². The molecule has 1 aromatic rings. The van der Waals surface area contributed by atoms with Crippen LogP contribution in [0.5, 0.6) is 17.2 Å². The minimum absolute atomic E-state index is 0.181. The van der Waals surface area contributed by atoms with Gasteiger partial charge in [0.25, 0.3) is 0 Å². The Morgan fingerprint density at radius 1 is 1.21 bits per heavy atom. The van der Waals surface area contributed by atoms with Gasteiger partial charge in [-0.1, -0.05) is 12.8 Å². The van der Waals surface area contributed by atoms with E-state index in [1.54, 1.807) is 14.2 Å². The molecule has 19 heavy (non-hydrogen) atoms. The lowest BCUT2D eigenvalue weighted by Crippen LogP contribution is -2.14. The van der Waals surface area contributed by atoms with Gasteiger partial charge in [0.15, 0.2) is 11.5 Å². The summed E-state index contributed by atoms with van der Waals surface area (Å²) in [6, 6.07) is 3.86. The maximum Gasteiger partial charge on any atom is 0.204 e. The fourth-order valence-electron chi connectivity index (χ4n) is 1.70. The Kier molecular flexibility index (Phi) is 6.62. The van der Waals surface area contributed by atoms with Gasteiger partial charge >= 0.3 is 0 Å². The second kappa shape index (κ2) is 8.28. The molecule has 0 amide bonds. The van der Waals surface area contributed by atoms with Crippen LogP contribution < -0.4 is 19.5 Å². The average Bonchev–Trinajstić information content (AvgIpc) is 2.45. The topological polar surface area (TPSA) is 39.7 Å². The van der Waals surface area contributed by atoms with Crippen LogP contribution in [-0.4, -0.2) is 27.4 Å². The van der Waals surface area contributed by atoms with Gasteiger partial charge in [-0.2, -0.15) is 0 Å². The van der Waals surface area contributed by atoms with Gasteiger partial charge in [-0.25, -0.2) is 0 Å². The molecule has 0 heterocycles. The highest BCUT2D eigenvalue weighted by Gasteiger charge is 2.13. The van der Waals surface area contributed by atoms with Crippen molar-refractivity contribution in [1.29, 1.82) is 0 Å². The van der Waals surface area contributed by atoms with Gasteiger partial charge in [0.1, 0.15) is 6.61 Å². The van der Waals surface area contributed by atoms with E-state index in [0.717, 1.165) is 25.1 Å². The van der Waals surface area contributed by atoms with Crippen LogP contribution in [0.2, 0.25) is 0 Å². The van der Waals surface area contributed by atoms with Crippen molar-refractivity contribution in [2.24, 2.45) is 0 Å². The number of nitrogens with one attached hydrogen (secondary N) is 1. The predicted molar refractivity (Wildman–Crippen MR) is 75.9 cm³/mol. The van der Waals surface area contributed by atoms with E-state index in [1.807, 2.05) is 12.1 Å². The Balaban J connectivity index is 2.95. The highest BCUT2D eigenvalue weighted by Crippen LogP contribution is 2.38. The van der Waals surface area contributed by atoms with Gasteiger partial charge in [-0.05, 0) is 30.7 Å². The molecule has 1 N–H and O–H groups in total. The second-order valence-corrected chi connectivity index (χ2v) is 4.00. The monoisotopic (exact) mass is 263 g/mol. The molecule has 0 fully saturated rings. The fourth-order valence-corrected chi connectivity index (χ4v) is 1.70. The van der Waals surface area contributed by atoms with Crippen molar-refractivity contribution in [2.75, 3.05) is 27.4 Å². The Morgan fingerprint density at radius 3 is 2.32 bits per heavy atom. The summed E-state index contributed by atoms with van der Waals surface area (Å²) in [5.74, 6) is 4.23. The van der Waals surface area contributed by atoms with Crippen LogP contribution >= 0.6 is 0 Å². The van der Waals surface area contributed by atoms with E-state index in [0.29, 0.717) is 17.2 Å². The summed E-state index contributed by atoms with van der Waals surface area (Å²) in [5, 5.41) is 3.33. The van der Waals surface area contributed by atoms with Crippen molar-refractivity contribution >= 4 is 0 Å². The lowest BCUT2D eigenvalue weighted by Gasteiger charge is -2.15. The molecule has 0 aromatic heterocycles. The fraction of sp³-hybridized carbons (Fsp3) is 0.467. The zero-order chi connectivity index (χ0) is 14.1. The lowest BCUT2D eigenvalue weighted by molar-refractivity contribution is 0.304. The van der Waals surface area contributed by atoms with Crippen molar-refractivity contribution in [2.45, 2.75) is 19.9 Å². The molecule has 0 unspecified atom stereocenters. The van der Waals surface area contributed by atoms with E-state index in [-0.39, 0.29) is 6.61 Å². The van der Waals surface area contributed by atoms with E-state index >= 15 is 0 Å². The number of benzene rings is 1. The molecule has 0 bridgehead atoms. The predicted octanol–water partition coefficient (Wildman–Crippen LogP) is 2.22. The quantitative estimate of drug-likeness (QED) is 0.576. The van der Waals surface area contributed by atoms with Gasteiger partial charge in [-0.15, -0.1) is 6.42 Å². The molecule has 0 radical (unpaired) electrons. The Morgan fingerprint density at radius 2 is 1.84 bits per heavy atom. The highest BCUT2D eigenvalue weighted by molar-refractivity contribution is 5.54. The minimum atomic E-state index is 0.181. The molecule has 1 rings (SSSR count). The molecule has 0 saturated carbocycles. The number of ether oxygens (including phenoxy) is 3. The molecular weight excluding hydrogens is 242 g/mol. The highest BCUT2D eigenvalue weighted by atomic mass is 16.5. The van der Waals surface area contributed by atoms with Gasteiger partial charge in [-0.3, -0.25) is 0 Å². The summed E-state index contributed by atoms with van der Waals surface area (Å²) < 4.78 is 16.1. The summed E-state index contributed by atoms with van der Waals surface area (Å²) in [7, 11) is 3.20. The number of hydrogen-bond donors (Lipinski definition) is 1. The zero-order valence-corrected chi connectivity index (χ0v) is 11.8. The van der Waals surface area contributed by atoms with Gasteiger partial charge in [0, 0.05) is 6.54 Å². The molecule has 0 atom stereocenters. The normalized spacial score (nSPS) is 9.79. The summed E-state index contributed by atoms with van der Waals surface area (Å²) in [6.07, 6.45) is 6.30. The van der Waals surface area contributed by atoms with Crippen molar-refractivity contribution in [1.82, 2.24) is 5.32 Å². The van der Waals surface area contributed by atoms with Crippen LogP contribution in [0.4, 0.5) is 0 Å². The number of methoxy groups -OCH3 is 2. The zero-order valence-electron chi connectivity index (χ0n) is 11.8. The van der Waals surface area contributed by atoms with E-state index in [9.17, 15) is 0 Å². The van der Waals surface area contributed by atoms with Crippen molar-refractivity contribution in [3.8, 4) is 29.6 Å². The molecular formula is C15H21NO3. The molecule has 104 valence electrons. The van der Waals surface area contributed by atoms with Crippen LogP contribution in [0.1, 0.15) is 18.9 Å². The molecule has 0 saturated heterocycles. The number of terminal acetylenes is 1. The third kappa shape index (κ3) is 4.38. The number of rotatable bonds is 8. The van der Waals surface area contributed by atoms with Crippen LogP contribution in [0.3, 0.4) is 0 Å². The summed E-state index contributed by atoms with van der Waals surface area (Å²) in [5.41, 5.74) is 1.08. The van der Waals surface area contributed by atoms with E-state index < -0.39 is 0 Å². The molecule has 0 aliphatic carbocycles. The largest absolute Gasteiger partial charge is 0.493 e. The molecule has 4 nitrogen and oxygen atoms in total. The van der Waals surface area contributed by atoms with E-state index in [4.69, 9.17) is 20.6 Å². The van der Waals surface area contributed by atoms with Crippen molar-refractivity contribution < 1.29 is 14.2 Å². The van der Waals surface area contributed by atoms with Gasteiger partial charge < -0.3 is 19.5 Å². The Labute approximate surface area is 115 Å². The smallest absolute Gasteiger partial charge is 0.204 e. The molecule has 0 spiro atoms. The van der Waals surface area contributed by atoms with Crippen LogP contribution in [0.25, 0.3) is 0 Å². The Bertz CT molecular complexity index is 413. The van der Waals surface area contributed by atoms with Crippen molar-refractivity contribution in [3.63, 3.8) is 0 Å². The van der Waals surface area contributed by atoms with Gasteiger partial charge in [0.2, 0.25) is 5.75 Å². The van der Waals surface area contributed by atoms with Crippen molar-refractivity contribution in [3.05, 3.63) is 17.7 Å². The first-order valence-corrected chi connectivity index (χ1v) is 6.28. The Hall–Kier alpha value is -1.86. The SMILES string of the molecule is C#CCOc1c(OC)cc(CNCCC)cc1OC. The maximum atomic E-state index is 5.47. The summed E-state index contributed by atoms with van der Waals surface area (Å²) >= 11 is 0. The maximum absolute atomic E-state index is 5.47. The average molecular weight is 263 g/mol. The third-order valence-electron chi connectivity index (χ3n) is 2.58. The third-order valence-corrected chi connectivity index (χ3v) is 2.58.